The number of halogens is 1. The number of nitrogens with one attached hydrogen (secondary N) is 2. The van der Waals surface area contributed by atoms with Crippen LogP contribution in [-0.2, 0) is 4.79 Å². The molecule has 0 spiro atoms. The highest BCUT2D eigenvalue weighted by molar-refractivity contribution is 5.96. The number of benzene rings is 1. The van der Waals surface area contributed by atoms with Gasteiger partial charge in [-0.1, -0.05) is 6.07 Å². The van der Waals surface area contributed by atoms with E-state index in [2.05, 4.69) is 10.6 Å². The third-order valence-electron chi connectivity index (χ3n) is 4.13. The summed E-state index contributed by atoms with van der Waals surface area (Å²) in [4.78, 5) is 25.6. The number of carbonyl (C=O) groups excluding carboxylic acids is 2. The van der Waals surface area contributed by atoms with Crippen molar-refractivity contribution in [2.75, 3.05) is 32.0 Å². The predicted molar refractivity (Wildman–Crippen MR) is 95.2 cm³/mol. The molecule has 1 aromatic rings. The van der Waals surface area contributed by atoms with E-state index < -0.39 is 0 Å². The van der Waals surface area contributed by atoms with Crippen LogP contribution in [0.2, 0.25) is 0 Å². The zero-order valence-electron chi connectivity index (χ0n) is 13.8. The van der Waals surface area contributed by atoms with Crippen molar-refractivity contribution >= 4 is 29.9 Å². The fourth-order valence-electron chi connectivity index (χ4n) is 2.89. The van der Waals surface area contributed by atoms with Crippen LogP contribution in [0.15, 0.2) is 24.3 Å². The Balaban J connectivity index is 0.00000264. The van der Waals surface area contributed by atoms with E-state index in [0.29, 0.717) is 17.2 Å². The lowest BCUT2D eigenvalue weighted by atomic mass is 9.93. The van der Waals surface area contributed by atoms with Crippen LogP contribution in [-0.4, -0.2) is 43.4 Å². The Hall–Kier alpha value is -1.59. The number of amides is 2. The summed E-state index contributed by atoms with van der Waals surface area (Å²) in [6.07, 6.45) is 3.31. The van der Waals surface area contributed by atoms with E-state index in [1.807, 2.05) is 11.9 Å². The first-order valence-electron chi connectivity index (χ1n) is 7.91. The number of nitrogens with zero attached hydrogens (tertiary/aromatic N) is 1. The third kappa shape index (κ3) is 5.84. The van der Waals surface area contributed by atoms with Gasteiger partial charge in [0.1, 0.15) is 0 Å². The fourth-order valence-corrected chi connectivity index (χ4v) is 2.89. The minimum absolute atomic E-state index is 0. The maximum absolute atomic E-state index is 12.6. The van der Waals surface area contributed by atoms with Gasteiger partial charge in [-0.05, 0) is 57.0 Å². The summed E-state index contributed by atoms with van der Waals surface area (Å²) in [7, 11) is 1.97. The van der Waals surface area contributed by atoms with Gasteiger partial charge in [-0.3, -0.25) is 9.59 Å². The smallest absolute Gasteiger partial charge is 0.253 e. The molecule has 0 aromatic heterocycles. The summed E-state index contributed by atoms with van der Waals surface area (Å²) in [5.41, 5.74) is 1.31. The SMILES string of the molecule is CNCCC1CCN(C(=O)c2cccc(NC(C)=O)c2)CC1.Cl. The maximum atomic E-state index is 12.6. The number of likely N-dealkylation sites (tertiary alicyclic amines) is 1. The van der Waals surface area contributed by atoms with Crippen LogP contribution in [0.4, 0.5) is 5.69 Å². The molecule has 6 heteroatoms. The lowest BCUT2D eigenvalue weighted by Crippen LogP contribution is -2.39. The van der Waals surface area contributed by atoms with Gasteiger partial charge in [-0.25, -0.2) is 0 Å². The number of piperidine rings is 1. The quantitative estimate of drug-likeness (QED) is 0.866. The van der Waals surface area contributed by atoms with Crippen LogP contribution < -0.4 is 10.6 Å². The Labute approximate surface area is 144 Å². The van der Waals surface area contributed by atoms with E-state index in [4.69, 9.17) is 0 Å². The molecule has 23 heavy (non-hydrogen) atoms. The lowest BCUT2D eigenvalue weighted by Gasteiger charge is -2.32. The number of rotatable bonds is 5. The van der Waals surface area contributed by atoms with Gasteiger partial charge >= 0.3 is 0 Å². The molecule has 2 amide bonds. The highest BCUT2D eigenvalue weighted by Crippen LogP contribution is 2.22. The van der Waals surface area contributed by atoms with Crippen molar-refractivity contribution in [2.24, 2.45) is 5.92 Å². The minimum atomic E-state index is -0.130. The van der Waals surface area contributed by atoms with E-state index in [1.165, 1.54) is 13.3 Å². The zero-order chi connectivity index (χ0) is 15.9. The second-order valence-corrected chi connectivity index (χ2v) is 5.89. The van der Waals surface area contributed by atoms with Crippen LogP contribution in [0.3, 0.4) is 0 Å². The highest BCUT2D eigenvalue weighted by atomic mass is 35.5. The molecule has 2 rings (SSSR count). The average Bonchev–Trinajstić information content (AvgIpc) is 2.52. The second kappa shape index (κ2) is 9.53. The summed E-state index contributed by atoms with van der Waals surface area (Å²) < 4.78 is 0. The first-order chi connectivity index (χ1) is 10.6. The summed E-state index contributed by atoms with van der Waals surface area (Å²) in [6, 6.07) is 7.15. The Morgan fingerprint density at radius 3 is 2.57 bits per heavy atom. The monoisotopic (exact) mass is 339 g/mol. The van der Waals surface area contributed by atoms with Gasteiger partial charge in [0.05, 0.1) is 0 Å². The van der Waals surface area contributed by atoms with Gasteiger partial charge in [-0.2, -0.15) is 0 Å². The first-order valence-corrected chi connectivity index (χ1v) is 7.91. The van der Waals surface area contributed by atoms with E-state index >= 15 is 0 Å². The minimum Gasteiger partial charge on any atom is -0.339 e. The third-order valence-corrected chi connectivity index (χ3v) is 4.13. The van der Waals surface area contributed by atoms with E-state index in [1.54, 1.807) is 24.3 Å². The van der Waals surface area contributed by atoms with Crippen LogP contribution >= 0.6 is 12.4 Å². The molecule has 0 bridgehead atoms. The largest absolute Gasteiger partial charge is 0.339 e. The van der Waals surface area contributed by atoms with Crippen LogP contribution in [0, 0.1) is 5.92 Å². The van der Waals surface area contributed by atoms with Crippen molar-refractivity contribution in [2.45, 2.75) is 26.2 Å². The number of anilines is 1. The van der Waals surface area contributed by atoms with Crippen molar-refractivity contribution < 1.29 is 9.59 Å². The number of carbonyl (C=O) groups is 2. The molecule has 0 radical (unpaired) electrons. The molecule has 0 saturated carbocycles. The van der Waals surface area contributed by atoms with Gasteiger partial charge in [0.15, 0.2) is 0 Å². The molecule has 1 aliphatic rings. The molecular weight excluding hydrogens is 314 g/mol. The Morgan fingerprint density at radius 2 is 1.96 bits per heavy atom. The summed E-state index contributed by atoms with van der Waals surface area (Å²) >= 11 is 0. The van der Waals surface area contributed by atoms with Crippen molar-refractivity contribution in [3.63, 3.8) is 0 Å². The topological polar surface area (TPSA) is 61.4 Å². The van der Waals surface area contributed by atoms with Gasteiger partial charge in [-0.15, -0.1) is 12.4 Å². The van der Waals surface area contributed by atoms with E-state index in [-0.39, 0.29) is 24.2 Å². The molecule has 1 fully saturated rings. The predicted octanol–water partition coefficient (Wildman–Crippen LogP) is 2.53. The molecule has 0 atom stereocenters. The van der Waals surface area contributed by atoms with Gasteiger partial charge < -0.3 is 15.5 Å². The van der Waals surface area contributed by atoms with Crippen molar-refractivity contribution in [1.29, 1.82) is 0 Å². The number of hydrogen-bond acceptors (Lipinski definition) is 3. The van der Waals surface area contributed by atoms with Crippen LogP contribution in [0.25, 0.3) is 0 Å². The van der Waals surface area contributed by atoms with E-state index in [9.17, 15) is 9.59 Å². The summed E-state index contributed by atoms with van der Waals surface area (Å²) in [5, 5.41) is 5.90. The van der Waals surface area contributed by atoms with Crippen molar-refractivity contribution in [3.05, 3.63) is 29.8 Å². The number of hydrogen-bond donors (Lipinski definition) is 2. The van der Waals surface area contributed by atoms with Gasteiger partial charge in [0, 0.05) is 31.3 Å². The fraction of sp³-hybridized carbons (Fsp3) is 0.529. The molecule has 0 aliphatic carbocycles. The van der Waals surface area contributed by atoms with Crippen molar-refractivity contribution in [3.8, 4) is 0 Å². The van der Waals surface area contributed by atoms with Crippen molar-refractivity contribution in [1.82, 2.24) is 10.2 Å². The zero-order valence-corrected chi connectivity index (χ0v) is 14.6. The molecule has 1 aliphatic heterocycles. The second-order valence-electron chi connectivity index (χ2n) is 5.89. The summed E-state index contributed by atoms with van der Waals surface area (Å²) in [6.45, 7) is 4.14. The van der Waals surface area contributed by atoms with E-state index in [0.717, 1.165) is 32.5 Å². The maximum Gasteiger partial charge on any atom is 0.253 e. The molecule has 1 heterocycles. The Morgan fingerprint density at radius 1 is 1.26 bits per heavy atom. The normalized spacial score (nSPS) is 15.0. The Bertz CT molecular complexity index is 528. The van der Waals surface area contributed by atoms with Gasteiger partial charge in [0.2, 0.25) is 5.91 Å². The molecule has 0 unspecified atom stereocenters. The first kappa shape index (κ1) is 19.5. The van der Waals surface area contributed by atoms with Crippen LogP contribution in [0.5, 0.6) is 0 Å². The highest BCUT2D eigenvalue weighted by Gasteiger charge is 2.23. The molecule has 1 saturated heterocycles. The van der Waals surface area contributed by atoms with Crippen LogP contribution in [0.1, 0.15) is 36.5 Å². The Kier molecular flexibility index (Phi) is 8.06. The molecule has 2 N–H and O–H groups in total. The molecule has 128 valence electrons. The summed E-state index contributed by atoms with van der Waals surface area (Å²) in [5.74, 6) is 0.636. The standard InChI is InChI=1S/C17H25N3O2.ClH/c1-13(21)19-16-5-3-4-15(12-16)17(22)20-10-7-14(8-11-20)6-9-18-2;/h3-5,12,14,18H,6-11H2,1-2H3,(H,19,21);1H. The molecule has 1 aromatic carbocycles. The average molecular weight is 340 g/mol. The van der Waals surface area contributed by atoms with Gasteiger partial charge in [0.25, 0.3) is 5.91 Å². The molecular formula is C17H26ClN3O2. The lowest BCUT2D eigenvalue weighted by molar-refractivity contribution is -0.114. The molecule has 5 nitrogen and oxygen atoms in total.